The lowest BCUT2D eigenvalue weighted by Crippen LogP contribution is -2.41. The fourth-order valence-electron chi connectivity index (χ4n) is 1.93. The van der Waals surface area contributed by atoms with E-state index in [1.54, 1.807) is 32.0 Å². The van der Waals surface area contributed by atoms with Crippen LogP contribution in [0.2, 0.25) is 0 Å². The molecule has 0 radical (unpaired) electrons. The van der Waals surface area contributed by atoms with E-state index in [1.807, 2.05) is 36.4 Å². The third-order valence-corrected chi connectivity index (χ3v) is 4.16. The molecule has 2 rings (SSSR count). The van der Waals surface area contributed by atoms with Gasteiger partial charge in [0, 0.05) is 5.88 Å². The molecule has 25 heavy (non-hydrogen) atoms. The molecule has 0 unspecified atom stereocenters. The summed E-state index contributed by atoms with van der Waals surface area (Å²) in [6.45, 7) is 3.30. The molecule has 6 heteroatoms. The number of ether oxygens (including phenoxy) is 1. The Kier molecular flexibility index (Phi) is 6.42. The van der Waals surface area contributed by atoms with E-state index in [0.717, 1.165) is 0 Å². The minimum atomic E-state index is -0.726. The van der Waals surface area contributed by atoms with Crippen LogP contribution in [-0.2, 0) is 9.59 Å². The van der Waals surface area contributed by atoms with Crippen molar-refractivity contribution in [1.82, 2.24) is 5.32 Å². The fourth-order valence-corrected chi connectivity index (χ4v) is 2.05. The molecule has 0 bridgehead atoms. The van der Waals surface area contributed by atoms with Gasteiger partial charge in [-0.25, -0.2) is 0 Å². The Bertz CT molecular complexity index is 732. The number of amides is 2. The Morgan fingerprint density at radius 2 is 1.68 bits per heavy atom. The molecule has 0 fully saturated rings. The molecular formula is C19H21ClN2O3. The summed E-state index contributed by atoms with van der Waals surface area (Å²) < 4.78 is 5.79. The molecule has 5 nitrogen and oxygen atoms in total. The van der Waals surface area contributed by atoms with Crippen molar-refractivity contribution in [3.8, 4) is 11.5 Å². The molecule has 2 aromatic rings. The minimum absolute atomic E-state index is 0.140. The first-order chi connectivity index (χ1) is 11.9. The Hall–Kier alpha value is -2.53. The Balaban J connectivity index is 1.98. The molecule has 0 spiro atoms. The first kappa shape index (κ1) is 18.8. The zero-order valence-electron chi connectivity index (χ0n) is 14.2. The molecule has 2 N–H and O–H groups in total. The molecule has 2 aromatic carbocycles. The lowest BCUT2D eigenvalue weighted by molar-refractivity contribution is -0.130. The van der Waals surface area contributed by atoms with Gasteiger partial charge in [-0.1, -0.05) is 30.3 Å². The van der Waals surface area contributed by atoms with Gasteiger partial charge in [0.25, 0.3) is 0 Å². The smallest absolute Gasteiger partial charge is 0.243 e. The molecule has 0 saturated carbocycles. The topological polar surface area (TPSA) is 67.4 Å². The van der Waals surface area contributed by atoms with Crippen molar-refractivity contribution in [2.75, 3.05) is 17.7 Å². The third kappa shape index (κ3) is 5.50. The van der Waals surface area contributed by atoms with Crippen molar-refractivity contribution >= 4 is 29.1 Å². The van der Waals surface area contributed by atoms with Crippen LogP contribution in [0.5, 0.6) is 11.5 Å². The monoisotopic (exact) mass is 360 g/mol. The summed E-state index contributed by atoms with van der Waals surface area (Å²) >= 11 is 5.75. The standard InChI is InChI=1S/C19H21ClN2O3/c1-19(2,13-20)18(24)21-12-17(23)22-15-10-6-7-11-16(15)25-14-8-4-3-5-9-14/h3-11H,12-13H2,1-2H3,(H,21,24)(H,22,23). The van der Waals surface area contributed by atoms with Crippen LogP contribution >= 0.6 is 11.6 Å². The van der Waals surface area contributed by atoms with E-state index in [4.69, 9.17) is 16.3 Å². The first-order valence-corrected chi connectivity index (χ1v) is 8.42. The highest BCUT2D eigenvalue weighted by Gasteiger charge is 2.26. The Labute approximate surface area is 152 Å². The molecule has 2 amide bonds. The van der Waals surface area contributed by atoms with Crippen molar-refractivity contribution in [2.45, 2.75) is 13.8 Å². The van der Waals surface area contributed by atoms with Gasteiger partial charge in [-0.15, -0.1) is 11.6 Å². The summed E-state index contributed by atoms with van der Waals surface area (Å²) in [5, 5.41) is 5.33. The second-order valence-electron chi connectivity index (χ2n) is 6.16. The van der Waals surface area contributed by atoms with Gasteiger partial charge in [0.15, 0.2) is 5.75 Å². The van der Waals surface area contributed by atoms with Crippen molar-refractivity contribution in [2.24, 2.45) is 5.41 Å². The van der Waals surface area contributed by atoms with E-state index in [2.05, 4.69) is 10.6 Å². The van der Waals surface area contributed by atoms with E-state index in [-0.39, 0.29) is 24.2 Å². The van der Waals surface area contributed by atoms with E-state index >= 15 is 0 Å². The highest BCUT2D eigenvalue weighted by molar-refractivity contribution is 6.19. The molecule has 0 aliphatic heterocycles. The third-order valence-electron chi connectivity index (χ3n) is 3.49. The molecule has 0 aliphatic carbocycles. The normalized spacial score (nSPS) is 10.8. The Morgan fingerprint density at radius 3 is 2.36 bits per heavy atom. The van der Waals surface area contributed by atoms with Gasteiger partial charge in [-0.05, 0) is 38.1 Å². The van der Waals surface area contributed by atoms with Crippen LogP contribution in [-0.4, -0.2) is 24.2 Å². The van der Waals surface area contributed by atoms with Crippen LogP contribution in [0.25, 0.3) is 0 Å². The van der Waals surface area contributed by atoms with E-state index < -0.39 is 5.41 Å². The highest BCUT2D eigenvalue weighted by Crippen LogP contribution is 2.28. The number of carbonyl (C=O) groups is 2. The van der Waals surface area contributed by atoms with Crippen LogP contribution < -0.4 is 15.4 Å². The molecule has 0 saturated heterocycles. The summed E-state index contributed by atoms with van der Waals surface area (Å²) in [4.78, 5) is 24.1. The number of para-hydroxylation sites is 3. The van der Waals surface area contributed by atoms with Crippen molar-refractivity contribution in [3.63, 3.8) is 0 Å². The summed E-state index contributed by atoms with van der Waals surface area (Å²) in [7, 11) is 0. The predicted molar refractivity (Wildman–Crippen MR) is 99.1 cm³/mol. The number of benzene rings is 2. The molecule has 0 aromatic heterocycles. The number of carbonyl (C=O) groups excluding carboxylic acids is 2. The average molecular weight is 361 g/mol. The Morgan fingerprint density at radius 1 is 1.04 bits per heavy atom. The SMILES string of the molecule is CC(C)(CCl)C(=O)NCC(=O)Nc1ccccc1Oc1ccccc1. The minimum Gasteiger partial charge on any atom is -0.455 e. The van der Waals surface area contributed by atoms with E-state index in [1.165, 1.54) is 0 Å². The fraction of sp³-hybridized carbons (Fsp3) is 0.263. The van der Waals surface area contributed by atoms with Gasteiger partial charge in [-0.3, -0.25) is 9.59 Å². The summed E-state index contributed by atoms with van der Waals surface area (Å²) in [5.74, 6) is 0.749. The second-order valence-corrected chi connectivity index (χ2v) is 6.43. The van der Waals surface area contributed by atoms with Crippen molar-refractivity contribution in [3.05, 3.63) is 54.6 Å². The van der Waals surface area contributed by atoms with Gasteiger partial charge < -0.3 is 15.4 Å². The van der Waals surface area contributed by atoms with Crippen LogP contribution in [0.1, 0.15) is 13.8 Å². The number of alkyl halides is 1. The molecule has 132 valence electrons. The van der Waals surface area contributed by atoms with E-state index in [0.29, 0.717) is 17.2 Å². The van der Waals surface area contributed by atoms with Crippen LogP contribution in [0, 0.1) is 5.41 Å². The van der Waals surface area contributed by atoms with Gasteiger partial charge in [-0.2, -0.15) is 0 Å². The van der Waals surface area contributed by atoms with E-state index in [9.17, 15) is 9.59 Å². The number of anilines is 1. The van der Waals surface area contributed by atoms with Gasteiger partial charge >= 0.3 is 0 Å². The first-order valence-electron chi connectivity index (χ1n) is 7.88. The maximum absolute atomic E-state index is 12.1. The number of nitrogens with one attached hydrogen (secondary N) is 2. The van der Waals surface area contributed by atoms with Crippen LogP contribution in [0.15, 0.2) is 54.6 Å². The molecule has 0 heterocycles. The number of hydrogen-bond acceptors (Lipinski definition) is 3. The number of rotatable bonds is 7. The zero-order chi connectivity index (χ0) is 18.3. The molecule has 0 aliphatic rings. The summed E-state index contributed by atoms with van der Waals surface area (Å²) in [6, 6.07) is 16.4. The van der Waals surface area contributed by atoms with Crippen LogP contribution in [0.3, 0.4) is 0 Å². The molecular weight excluding hydrogens is 340 g/mol. The van der Waals surface area contributed by atoms with Gasteiger partial charge in [0.2, 0.25) is 11.8 Å². The quantitative estimate of drug-likeness (QED) is 0.738. The lowest BCUT2D eigenvalue weighted by atomic mass is 9.95. The summed E-state index contributed by atoms with van der Waals surface area (Å²) in [6.07, 6.45) is 0. The second kappa shape index (κ2) is 8.53. The number of hydrogen-bond donors (Lipinski definition) is 2. The van der Waals surface area contributed by atoms with Crippen LogP contribution in [0.4, 0.5) is 5.69 Å². The van der Waals surface area contributed by atoms with Crippen molar-refractivity contribution < 1.29 is 14.3 Å². The largest absolute Gasteiger partial charge is 0.455 e. The van der Waals surface area contributed by atoms with Gasteiger partial charge in [0.05, 0.1) is 17.6 Å². The maximum Gasteiger partial charge on any atom is 0.243 e. The lowest BCUT2D eigenvalue weighted by Gasteiger charge is -2.20. The average Bonchev–Trinajstić information content (AvgIpc) is 2.62. The number of halogens is 1. The zero-order valence-corrected chi connectivity index (χ0v) is 15.0. The van der Waals surface area contributed by atoms with Gasteiger partial charge in [0.1, 0.15) is 5.75 Å². The summed E-state index contributed by atoms with van der Waals surface area (Å²) in [5.41, 5.74) is -0.196. The maximum atomic E-state index is 12.1. The molecule has 0 atom stereocenters. The highest BCUT2D eigenvalue weighted by atomic mass is 35.5. The van der Waals surface area contributed by atoms with Crippen molar-refractivity contribution in [1.29, 1.82) is 0 Å². The predicted octanol–water partition coefficient (Wildman–Crippen LogP) is 3.80.